The van der Waals surface area contributed by atoms with Gasteiger partial charge in [0.15, 0.2) is 0 Å². The van der Waals surface area contributed by atoms with E-state index in [4.69, 9.17) is 5.73 Å². The number of rotatable bonds is 23. The number of aromatic amines is 1. The van der Waals surface area contributed by atoms with E-state index in [9.17, 15) is 25.2 Å². The van der Waals surface area contributed by atoms with Crippen LogP contribution in [-0.2, 0) is 11.2 Å². The summed E-state index contributed by atoms with van der Waals surface area (Å²) in [6.07, 6.45) is 29.5. The molecule has 2 heterocycles. The molecule has 2 fully saturated rings. The molecule has 0 bridgehead atoms. The summed E-state index contributed by atoms with van der Waals surface area (Å²) in [4.78, 5) is 16.0. The largest absolute Gasteiger partial charge is 0.481 e. The van der Waals surface area contributed by atoms with Crippen LogP contribution in [0.1, 0.15) is 166 Å². The van der Waals surface area contributed by atoms with E-state index in [-0.39, 0.29) is 30.3 Å². The molecular formula is C47H77N3O5. The molecule has 1 aromatic rings. The first-order valence-corrected chi connectivity index (χ1v) is 22.5. The third-order valence-electron chi connectivity index (χ3n) is 14.3. The van der Waals surface area contributed by atoms with Gasteiger partial charge in [-0.15, -0.1) is 0 Å². The van der Waals surface area contributed by atoms with Gasteiger partial charge in [-0.3, -0.25) is 4.79 Å². The van der Waals surface area contributed by atoms with Crippen molar-refractivity contribution in [1.82, 2.24) is 10.3 Å². The maximum atomic E-state index is 12.4. The monoisotopic (exact) mass is 764 g/mol. The van der Waals surface area contributed by atoms with Gasteiger partial charge in [0.25, 0.3) is 0 Å². The number of nitrogens with one attached hydrogen (secondary N) is 2. The normalized spacial score (nSPS) is 29.4. The van der Waals surface area contributed by atoms with Crippen LogP contribution in [0.15, 0.2) is 48.0 Å². The molecule has 1 aromatic heterocycles. The third kappa shape index (κ3) is 13.0. The van der Waals surface area contributed by atoms with Crippen LogP contribution in [0.25, 0.3) is 0 Å². The van der Waals surface area contributed by atoms with Gasteiger partial charge in [0.1, 0.15) is 0 Å². The topological polar surface area (TPSA) is 152 Å². The summed E-state index contributed by atoms with van der Waals surface area (Å²) < 4.78 is 0. The van der Waals surface area contributed by atoms with Gasteiger partial charge < -0.3 is 36.5 Å². The summed E-state index contributed by atoms with van der Waals surface area (Å²) in [5.41, 5.74) is 8.79. The van der Waals surface area contributed by atoms with Crippen LogP contribution < -0.4 is 11.1 Å². The van der Waals surface area contributed by atoms with Crippen molar-refractivity contribution in [2.45, 2.75) is 179 Å². The van der Waals surface area contributed by atoms with Gasteiger partial charge in [-0.2, -0.15) is 0 Å². The van der Waals surface area contributed by atoms with Crippen molar-refractivity contribution in [2.75, 3.05) is 6.54 Å². The number of carboxylic acids is 1. The minimum Gasteiger partial charge on any atom is -0.481 e. The number of aliphatic hydroxyl groups excluding tert-OH is 2. The van der Waals surface area contributed by atoms with Crippen molar-refractivity contribution in [3.05, 3.63) is 59.2 Å². The number of carboxylic acid groups (broad SMARTS) is 1. The minimum atomic E-state index is -1.01. The maximum absolute atomic E-state index is 12.4. The lowest BCUT2D eigenvalue weighted by Crippen LogP contribution is -2.37. The molecule has 8 nitrogen and oxygen atoms in total. The molecule has 3 aliphatic carbocycles. The van der Waals surface area contributed by atoms with E-state index in [1.165, 1.54) is 62.5 Å². The summed E-state index contributed by atoms with van der Waals surface area (Å²) in [5, 5.41) is 47.8. The van der Waals surface area contributed by atoms with Crippen LogP contribution >= 0.6 is 0 Å². The van der Waals surface area contributed by atoms with Gasteiger partial charge in [0, 0.05) is 24.4 Å². The molecule has 55 heavy (non-hydrogen) atoms. The smallest absolute Gasteiger partial charge is 0.309 e. The summed E-state index contributed by atoms with van der Waals surface area (Å²) in [6.45, 7) is 7.70. The van der Waals surface area contributed by atoms with Crippen molar-refractivity contribution < 1.29 is 25.2 Å². The summed E-state index contributed by atoms with van der Waals surface area (Å²) in [5.74, 6) is 1.87. The van der Waals surface area contributed by atoms with Gasteiger partial charge in [0.05, 0.1) is 29.5 Å². The first-order valence-electron chi connectivity index (χ1n) is 22.5. The molecular weight excluding hydrogens is 687 g/mol. The number of hydrogen-bond acceptors (Lipinski definition) is 6. The highest BCUT2D eigenvalue weighted by Gasteiger charge is 2.46. The zero-order valence-electron chi connectivity index (χ0n) is 34.6. The summed E-state index contributed by atoms with van der Waals surface area (Å²) in [7, 11) is 0. The van der Waals surface area contributed by atoms with Gasteiger partial charge in [-0.05, 0) is 129 Å². The Balaban J connectivity index is 1.14. The highest BCUT2D eigenvalue weighted by molar-refractivity contribution is 5.70. The number of allylic oxidation sites excluding steroid dienone is 3. The van der Waals surface area contributed by atoms with Gasteiger partial charge in [0.2, 0.25) is 0 Å². The van der Waals surface area contributed by atoms with Crippen molar-refractivity contribution in [1.29, 1.82) is 0 Å². The number of dihydropyridines is 1. The van der Waals surface area contributed by atoms with Crippen LogP contribution in [0.5, 0.6) is 0 Å². The lowest BCUT2D eigenvalue weighted by Gasteiger charge is -2.32. The number of aromatic nitrogens is 1. The molecule has 8 N–H and O–H groups in total. The Morgan fingerprint density at radius 2 is 1.80 bits per heavy atom. The minimum absolute atomic E-state index is 0.00615. The molecule has 310 valence electrons. The lowest BCUT2D eigenvalue weighted by atomic mass is 9.80. The number of H-pyrrole nitrogens is 1. The Hall–Kier alpha value is -2.55. The lowest BCUT2D eigenvalue weighted by molar-refractivity contribution is -0.146. The van der Waals surface area contributed by atoms with E-state index in [0.29, 0.717) is 43.5 Å². The van der Waals surface area contributed by atoms with Crippen molar-refractivity contribution in [3.8, 4) is 0 Å². The Morgan fingerprint density at radius 3 is 2.53 bits per heavy atom. The predicted molar refractivity (Wildman–Crippen MR) is 223 cm³/mol. The molecule has 10 unspecified atom stereocenters. The van der Waals surface area contributed by atoms with Gasteiger partial charge >= 0.3 is 5.97 Å². The van der Waals surface area contributed by atoms with Gasteiger partial charge in [-0.1, -0.05) is 103 Å². The molecule has 10 atom stereocenters. The van der Waals surface area contributed by atoms with Crippen LogP contribution in [-0.4, -0.2) is 55.7 Å². The predicted octanol–water partition coefficient (Wildman–Crippen LogP) is 9.28. The molecule has 1 aliphatic heterocycles. The first kappa shape index (κ1) is 43.6. The fraction of sp³-hybridized carbons (Fsp3) is 0.766. The standard InChI is InChI=1S/C47H77N3O5/c1-4-5-7-12-34-17-18-38(44(52)26-34)15-8-6-9-16-42(46(53)54)43(51)19-21-47(55)30-36(24-35-20-22-49-45(48)27-35)25-40(47)29-41-28-39(31-50-41)33(3)23-32(2)37-13-10-11-14-37/h17-18,20,27-28,31-34,36-38,40,42-44,49-52,55H,4-16,19,21-26,29-30,48H2,1-3H3,(H,53,54). The molecule has 4 aliphatic rings. The van der Waals surface area contributed by atoms with E-state index in [1.54, 1.807) is 0 Å². The molecule has 8 heteroatoms. The maximum Gasteiger partial charge on any atom is 0.309 e. The second kappa shape index (κ2) is 21.3. The van der Waals surface area contributed by atoms with Crippen molar-refractivity contribution in [2.24, 2.45) is 47.2 Å². The second-order valence-electron chi connectivity index (χ2n) is 18.7. The van der Waals surface area contributed by atoms with E-state index in [0.717, 1.165) is 75.3 Å². The third-order valence-corrected chi connectivity index (χ3v) is 14.3. The van der Waals surface area contributed by atoms with Crippen LogP contribution in [0, 0.1) is 41.4 Å². The molecule has 0 aromatic carbocycles. The Kier molecular flexibility index (Phi) is 16.9. The zero-order valence-corrected chi connectivity index (χ0v) is 34.6. The summed E-state index contributed by atoms with van der Waals surface area (Å²) in [6, 6.07) is 2.31. The average Bonchev–Trinajstić information content (AvgIpc) is 3.92. The van der Waals surface area contributed by atoms with Gasteiger partial charge in [-0.25, -0.2) is 0 Å². The number of carbonyl (C=O) groups is 1. The van der Waals surface area contributed by atoms with E-state index in [1.807, 2.05) is 6.08 Å². The molecule has 0 saturated heterocycles. The number of hydrogen-bond donors (Lipinski definition) is 7. The van der Waals surface area contributed by atoms with E-state index >= 15 is 0 Å². The fourth-order valence-electron chi connectivity index (χ4n) is 10.9. The Labute approximate surface area is 332 Å². The van der Waals surface area contributed by atoms with Crippen LogP contribution in [0.4, 0.5) is 0 Å². The fourth-order valence-corrected chi connectivity index (χ4v) is 10.9. The average molecular weight is 764 g/mol. The SMILES string of the molecule is CCCCCC1C=CC(CCCCCC(C(=O)O)C(O)CCC2(O)CC(CC3=CCNC(N)=C3)CC2Cc2cc(C(C)CC(C)C3CCCC3)c[nH]2)C(O)C1. The van der Waals surface area contributed by atoms with Crippen molar-refractivity contribution in [3.63, 3.8) is 0 Å². The van der Waals surface area contributed by atoms with E-state index in [2.05, 4.69) is 61.6 Å². The number of unbranched alkanes of at least 4 members (excludes halogenated alkanes) is 4. The quantitative estimate of drug-likeness (QED) is 0.0434. The molecule has 0 spiro atoms. The molecule has 0 amide bonds. The summed E-state index contributed by atoms with van der Waals surface area (Å²) >= 11 is 0. The first-order chi connectivity index (χ1) is 26.4. The molecule has 0 radical (unpaired) electrons. The van der Waals surface area contributed by atoms with Crippen LogP contribution in [0.2, 0.25) is 0 Å². The Bertz CT molecular complexity index is 1410. The number of nitrogens with two attached hydrogens (primary N) is 1. The van der Waals surface area contributed by atoms with Crippen LogP contribution in [0.3, 0.4) is 0 Å². The zero-order chi connectivity index (χ0) is 39.4. The molecule has 5 rings (SSSR count). The Morgan fingerprint density at radius 1 is 1.02 bits per heavy atom. The number of aliphatic hydroxyl groups is 3. The van der Waals surface area contributed by atoms with Crippen molar-refractivity contribution >= 4 is 5.97 Å². The number of aliphatic carboxylic acids is 1. The highest BCUT2D eigenvalue weighted by Crippen LogP contribution is 2.47. The highest BCUT2D eigenvalue weighted by atomic mass is 16.4. The second-order valence-corrected chi connectivity index (χ2v) is 18.7. The van der Waals surface area contributed by atoms with E-state index < -0.39 is 23.6 Å². The molecule has 2 saturated carbocycles.